The minimum absolute atomic E-state index is 0.0693. The number of carbonyl (C=O) groups excluding carboxylic acids is 1. The largest absolute Gasteiger partial charge is 0.452 e. The van der Waals surface area contributed by atoms with E-state index in [-0.39, 0.29) is 35.1 Å². The van der Waals surface area contributed by atoms with Crippen molar-refractivity contribution < 1.29 is 23.2 Å². The molecule has 3 aromatic rings. The molecule has 29 heavy (non-hydrogen) atoms. The predicted molar refractivity (Wildman–Crippen MR) is 104 cm³/mol. The highest BCUT2D eigenvalue weighted by atomic mass is 19.1. The zero-order valence-corrected chi connectivity index (χ0v) is 15.3. The molecule has 8 heteroatoms. The Hall–Kier alpha value is -3.81. The van der Waals surface area contributed by atoms with Gasteiger partial charge in [-0.05, 0) is 30.3 Å². The quantitative estimate of drug-likeness (QED) is 0.300. The van der Waals surface area contributed by atoms with Crippen LogP contribution < -0.4 is 10.1 Å². The average molecular weight is 398 g/mol. The lowest BCUT2D eigenvalue weighted by Gasteiger charge is -2.15. The summed E-state index contributed by atoms with van der Waals surface area (Å²) < 4.78 is 32.6. The summed E-state index contributed by atoms with van der Waals surface area (Å²) in [6, 6.07) is 13.2. The highest BCUT2D eigenvalue weighted by Gasteiger charge is 2.17. The van der Waals surface area contributed by atoms with Crippen LogP contribution in [-0.2, 0) is 0 Å². The van der Waals surface area contributed by atoms with Crippen molar-refractivity contribution in [3.8, 4) is 11.5 Å². The Labute approximate surface area is 164 Å². The zero-order valence-electron chi connectivity index (χ0n) is 15.3. The van der Waals surface area contributed by atoms with Crippen LogP contribution in [0.15, 0.2) is 60.7 Å². The van der Waals surface area contributed by atoms with Gasteiger partial charge < -0.3 is 10.1 Å². The molecule has 0 aliphatic rings. The van der Waals surface area contributed by atoms with Crippen molar-refractivity contribution in [3.05, 3.63) is 88.0 Å². The van der Waals surface area contributed by atoms with Crippen molar-refractivity contribution in [1.29, 1.82) is 0 Å². The summed E-state index contributed by atoms with van der Waals surface area (Å²) in [4.78, 5) is 22.8. The first-order chi connectivity index (χ1) is 13.9. The number of rotatable bonds is 7. The molecule has 0 amide bonds. The number of nitro groups is 1. The summed E-state index contributed by atoms with van der Waals surface area (Å²) in [6.07, 6.45) is 0.276. The van der Waals surface area contributed by atoms with Crippen LogP contribution in [0.2, 0.25) is 0 Å². The van der Waals surface area contributed by atoms with Gasteiger partial charge in [0.2, 0.25) is 0 Å². The third-order valence-electron chi connectivity index (χ3n) is 4.11. The van der Waals surface area contributed by atoms with E-state index >= 15 is 0 Å². The van der Waals surface area contributed by atoms with Crippen molar-refractivity contribution in [2.75, 3.05) is 5.32 Å². The molecule has 0 bridgehead atoms. The van der Waals surface area contributed by atoms with Gasteiger partial charge in [0.05, 0.1) is 10.6 Å². The molecule has 0 spiro atoms. The minimum Gasteiger partial charge on any atom is -0.452 e. The molecule has 0 aromatic heterocycles. The number of hydrogen-bond donors (Lipinski definition) is 1. The molecule has 3 aromatic carbocycles. The molecule has 6 nitrogen and oxygen atoms in total. The van der Waals surface area contributed by atoms with E-state index in [1.807, 2.05) is 0 Å². The Kier molecular flexibility index (Phi) is 5.82. The monoisotopic (exact) mass is 398 g/mol. The smallest absolute Gasteiger partial charge is 0.271 e. The van der Waals surface area contributed by atoms with E-state index in [4.69, 9.17) is 4.74 Å². The number of non-ortho nitro benzene ring substituents is 1. The molecule has 0 heterocycles. The third-order valence-corrected chi connectivity index (χ3v) is 4.11. The van der Waals surface area contributed by atoms with E-state index in [2.05, 4.69) is 5.32 Å². The van der Waals surface area contributed by atoms with E-state index in [9.17, 15) is 23.7 Å². The molecular weight excluding hydrogens is 382 g/mol. The first-order valence-corrected chi connectivity index (χ1v) is 8.69. The summed E-state index contributed by atoms with van der Waals surface area (Å²) in [5.41, 5.74) is 0.753. The Morgan fingerprint density at radius 3 is 2.45 bits per heavy atom. The number of benzene rings is 3. The number of anilines is 2. The van der Waals surface area contributed by atoms with Gasteiger partial charge in [-0.3, -0.25) is 14.9 Å². The average Bonchev–Trinajstić information content (AvgIpc) is 2.70. The van der Waals surface area contributed by atoms with Gasteiger partial charge >= 0.3 is 0 Å². The fourth-order valence-corrected chi connectivity index (χ4v) is 2.67. The third kappa shape index (κ3) is 4.55. The van der Waals surface area contributed by atoms with Gasteiger partial charge in [0.15, 0.2) is 23.1 Å². The Bertz CT molecular complexity index is 1090. The van der Waals surface area contributed by atoms with Crippen LogP contribution in [0.4, 0.5) is 25.8 Å². The first-order valence-electron chi connectivity index (χ1n) is 8.69. The summed E-state index contributed by atoms with van der Waals surface area (Å²) in [7, 11) is 0. The highest BCUT2D eigenvalue weighted by Crippen LogP contribution is 2.36. The minimum atomic E-state index is -0.920. The number of nitrogens with one attached hydrogen (secondary N) is 1. The van der Waals surface area contributed by atoms with Crippen molar-refractivity contribution in [1.82, 2.24) is 0 Å². The van der Waals surface area contributed by atoms with Crippen LogP contribution >= 0.6 is 0 Å². The van der Waals surface area contributed by atoms with E-state index in [0.717, 1.165) is 12.1 Å². The number of Topliss-reactive ketones (excluding diaryl/α,β-unsaturated/α-hetero) is 1. The molecule has 0 saturated carbocycles. The molecule has 3 rings (SSSR count). The Morgan fingerprint density at radius 2 is 1.76 bits per heavy atom. The van der Waals surface area contributed by atoms with Crippen molar-refractivity contribution >= 4 is 22.8 Å². The second-order valence-electron chi connectivity index (χ2n) is 6.06. The maximum Gasteiger partial charge on any atom is 0.271 e. The van der Waals surface area contributed by atoms with E-state index in [0.29, 0.717) is 17.3 Å². The lowest BCUT2D eigenvalue weighted by Crippen LogP contribution is -2.04. The molecule has 0 fully saturated rings. The number of halogens is 2. The molecule has 148 valence electrons. The number of ether oxygens (including phenoxy) is 1. The zero-order chi connectivity index (χ0) is 21.0. The molecule has 0 unspecified atom stereocenters. The van der Waals surface area contributed by atoms with Crippen molar-refractivity contribution in [3.63, 3.8) is 0 Å². The SMILES string of the molecule is CCC(=O)c1ccccc1Nc1cc([N+](=O)[O-])ccc1Oc1ccc(F)cc1F. The van der Waals surface area contributed by atoms with Gasteiger partial charge in [-0.25, -0.2) is 8.78 Å². The fraction of sp³-hybridized carbons (Fsp3) is 0.0952. The van der Waals surface area contributed by atoms with Crippen molar-refractivity contribution in [2.24, 2.45) is 0 Å². The molecular formula is C21H16F2N2O4. The number of para-hydroxylation sites is 1. The van der Waals surface area contributed by atoms with Crippen LogP contribution in [0.3, 0.4) is 0 Å². The van der Waals surface area contributed by atoms with Gasteiger partial charge in [0, 0.05) is 35.9 Å². The lowest BCUT2D eigenvalue weighted by atomic mass is 10.1. The molecule has 0 radical (unpaired) electrons. The topological polar surface area (TPSA) is 81.5 Å². The molecule has 0 atom stereocenters. The van der Waals surface area contributed by atoms with Crippen LogP contribution in [0.5, 0.6) is 11.5 Å². The Balaban J connectivity index is 2.04. The van der Waals surface area contributed by atoms with E-state index < -0.39 is 16.6 Å². The van der Waals surface area contributed by atoms with Crippen LogP contribution in [-0.4, -0.2) is 10.7 Å². The molecule has 0 aliphatic carbocycles. The Morgan fingerprint density at radius 1 is 1.03 bits per heavy atom. The first kappa shape index (κ1) is 19.9. The molecule has 0 saturated heterocycles. The number of hydrogen-bond acceptors (Lipinski definition) is 5. The van der Waals surface area contributed by atoms with Gasteiger partial charge in [-0.1, -0.05) is 19.1 Å². The van der Waals surface area contributed by atoms with Gasteiger partial charge in [-0.15, -0.1) is 0 Å². The van der Waals surface area contributed by atoms with E-state index in [1.165, 1.54) is 18.2 Å². The second-order valence-corrected chi connectivity index (χ2v) is 6.06. The number of nitro benzene ring substituents is 1. The molecule has 0 aliphatic heterocycles. The number of ketones is 1. The van der Waals surface area contributed by atoms with Gasteiger partial charge in [0.1, 0.15) is 5.82 Å². The van der Waals surface area contributed by atoms with Crippen molar-refractivity contribution in [2.45, 2.75) is 13.3 Å². The maximum atomic E-state index is 14.0. The maximum absolute atomic E-state index is 14.0. The number of nitrogens with zero attached hydrogens (tertiary/aromatic N) is 1. The summed E-state index contributed by atoms with van der Waals surface area (Å²) in [6.45, 7) is 1.72. The van der Waals surface area contributed by atoms with Crippen LogP contribution in [0.1, 0.15) is 23.7 Å². The summed E-state index contributed by atoms with van der Waals surface area (Å²) in [5.74, 6) is -1.98. The second kappa shape index (κ2) is 8.47. The normalized spacial score (nSPS) is 10.4. The highest BCUT2D eigenvalue weighted by molar-refractivity contribution is 6.01. The predicted octanol–water partition coefficient (Wildman–Crippen LogP) is 6.00. The number of carbonyl (C=O) groups is 1. The standard InChI is InChI=1S/C21H16F2N2O4/c1-2-19(26)15-5-3-4-6-17(15)24-18-12-14(25(27)28)8-10-21(18)29-20-9-7-13(22)11-16(20)23/h3-12,24H,2H2,1H3. The van der Waals surface area contributed by atoms with Crippen LogP contribution in [0, 0.1) is 21.7 Å². The molecule has 1 N–H and O–H groups in total. The summed E-state index contributed by atoms with van der Waals surface area (Å²) in [5, 5.41) is 14.1. The van der Waals surface area contributed by atoms with E-state index in [1.54, 1.807) is 31.2 Å². The fourth-order valence-electron chi connectivity index (χ4n) is 2.67. The lowest BCUT2D eigenvalue weighted by molar-refractivity contribution is -0.384. The van der Waals surface area contributed by atoms with Gasteiger partial charge in [0.25, 0.3) is 5.69 Å². The van der Waals surface area contributed by atoms with Gasteiger partial charge in [-0.2, -0.15) is 0 Å². The van der Waals surface area contributed by atoms with Crippen LogP contribution in [0.25, 0.3) is 0 Å². The summed E-state index contributed by atoms with van der Waals surface area (Å²) >= 11 is 0.